The Morgan fingerprint density at radius 1 is 1.00 bits per heavy atom. The summed E-state index contributed by atoms with van der Waals surface area (Å²) < 4.78 is 6.36. The highest BCUT2D eigenvalue weighted by molar-refractivity contribution is 6.30. The molecule has 1 aromatic carbocycles. The molecule has 0 saturated heterocycles. The van der Waals surface area contributed by atoms with Gasteiger partial charge in [-0.2, -0.15) is 0 Å². The minimum atomic E-state index is -0.197. The maximum atomic E-state index is 6.36. The molecule has 0 fully saturated rings. The lowest BCUT2D eigenvalue weighted by atomic mass is 9.87. The molecule has 0 N–H and O–H groups in total. The molecule has 0 spiro atoms. The molecule has 2 nitrogen and oxygen atoms in total. The number of rotatable bonds is 11. The molecule has 3 heteroatoms. The number of aliphatic imine (C=N–C) groups is 1. The van der Waals surface area contributed by atoms with E-state index in [2.05, 4.69) is 31.8 Å². The first-order chi connectivity index (χ1) is 12.6. The average molecular weight is 376 g/mol. The average Bonchev–Trinajstić information content (AvgIpc) is 2.91. The molecular formula is C23H34ClNO. The third kappa shape index (κ3) is 6.46. The van der Waals surface area contributed by atoms with E-state index >= 15 is 0 Å². The number of hydrogen-bond acceptors (Lipinski definition) is 2. The minimum Gasteiger partial charge on any atom is -0.467 e. The Hall–Kier alpha value is -1.28. The number of hydrogen-bond donors (Lipinski definition) is 0. The standard InChI is InChI=1S/C23H34ClNO/c1-4-6-8-10-13-19-17-22(25-21-15-12-14-20(24)18-21)26-23(19,3)16-11-9-7-5-2/h12,14-15,17-18H,4-11,13,16H2,1-3H3. The molecule has 0 amide bonds. The Morgan fingerprint density at radius 2 is 1.73 bits per heavy atom. The summed E-state index contributed by atoms with van der Waals surface area (Å²) in [6, 6.07) is 7.64. The van der Waals surface area contributed by atoms with Crippen molar-refractivity contribution < 1.29 is 4.74 Å². The third-order valence-electron chi connectivity index (χ3n) is 5.16. The molecule has 2 rings (SSSR count). The van der Waals surface area contributed by atoms with Crippen LogP contribution < -0.4 is 0 Å². The van der Waals surface area contributed by atoms with Gasteiger partial charge in [0.2, 0.25) is 5.90 Å². The van der Waals surface area contributed by atoms with Gasteiger partial charge in [0.15, 0.2) is 0 Å². The predicted molar refractivity (Wildman–Crippen MR) is 114 cm³/mol. The van der Waals surface area contributed by atoms with Gasteiger partial charge in [-0.05, 0) is 56.4 Å². The first kappa shape index (κ1) is 21.0. The van der Waals surface area contributed by atoms with E-state index in [1.807, 2.05) is 24.3 Å². The van der Waals surface area contributed by atoms with Crippen molar-refractivity contribution in [3.63, 3.8) is 0 Å². The maximum Gasteiger partial charge on any atom is 0.214 e. The summed E-state index contributed by atoms with van der Waals surface area (Å²) in [5.74, 6) is 0.732. The zero-order valence-corrected chi connectivity index (χ0v) is 17.4. The second-order valence-electron chi connectivity index (χ2n) is 7.55. The zero-order chi connectivity index (χ0) is 18.8. The summed E-state index contributed by atoms with van der Waals surface area (Å²) in [5, 5.41) is 0.705. The second kappa shape index (κ2) is 10.8. The quantitative estimate of drug-likeness (QED) is 0.358. The molecule has 144 valence electrons. The van der Waals surface area contributed by atoms with E-state index in [0.29, 0.717) is 5.02 Å². The van der Waals surface area contributed by atoms with Crippen molar-refractivity contribution in [1.82, 2.24) is 0 Å². The Morgan fingerprint density at radius 3 is 2.42 bits per heavy atom. The van der Waals surface area contributed by atoms with Gasteiger partial charge in [0.05, 0.1) is 5.69 Å². The van der Waals surface area contributed by atoms with Crippen molar-refractivity contribution in [2.75, 3.05) is 0 Å². The van der Waals surface area contributed by atoms with Crippen LogP contribution in [-0.2, 0) is 4.74 Å². The predicted octanol–water partition coefficient (Wildman–Crippen LogP) is 8.03. The molecule has 0 bridgehead atoms. The fourth-order valence-electron chi connectivity index (χ4n) is 3.54. The van der Waals surface area contributed by atoms with Crippen molar-refractivity contribution in [1.29, 1.82) is 0 Å². The van der Waals surface area contributed by atoms with Gasteiger partial charge in [-0.15, -0.1) is 0 Å². The van der Waals surface area contributed by atoms with E-state index in [9.17, 15) is 0 Å². The number of benzene rings is 1. The molecule has 1 aromatic rings. The lowest BCUT2D eigenvalue weighted by Gasteiger charge is -2.28. The monoisotopic (exact) mass is 375 g/mol. The van der Waals surface area contributed by atoms with E-state index in [1.165, 1.54) is 56.9 Å². The Balaban J connectivity index is 2.09. The summed E-state index contributed by atoms with van der Waals surface area (Å²) in [6.45, 7) is 6.75. The van der Waals surface area contributed by atoms with Crippen LogP contribution in [0.4, 0.5) is 5.69 Å². The van der Waals surface area contributed by atoms with Crippen molar-refractivity contribution in [3.8, 4) is 0 Å². The summed E-state index contributed by atoms with van der Waals surface area (Å²) in [7, 11) is 0. The highest BCUT2D eigenvalue weighted by Crippen LogP contribution is 2.37. The third-order valence-corrected chi connectivity index (χ3v) is 5.40. The van der Waals surface area contributed by atoms with Crippen molar-refractivity contribution in [2.45, 2.75) is 90.6 Å². The van der Waals surface area contributed by atoms with Crippen molar-refractivity contribution in [2.24, 2.45) is 4.99 Å². The van der Waals surface area contributed by atoms with E-state index in [-0.39, 0.29) is 5.60 Å². The van der Waals surface area contributed by atoms with Crippen LogP contribution in [0, 0.1) is 0 Å². The van der Waals surface area contributed by atoms with Crippen LogP contribution in [0.3, 0.4) is 0 Å². The molecule has 0 radical (unpaired) electrons. The van der Waals surface area contributed by atoms with E-state index < -0.39 is 0 Å². The Labute approximate surface area is 164 Å². The molecule has 1 heterocycles. The Kier molecular flexibility index (Phi) is 8.71. The van der Waals surface area contributed by atoms with Crippen molar-refractivity contribution >= 4 is 23.2 Å². The zero-order valence-electron chi connectivity index (χ0n) is 16.7. The molecule has 26 heavy (non-hydrogen) atoms. The highest BCUT2D eigenvalue weighted by atomic mass is 35.5. The number of ether oxygens (including phenoxy) is 1. The largest absolute Gasteiger partial charge is 0.467 e. The van der Waals surface area contributed by atoms with Gasteiger partial charge in [0.25, 0.3) is 0 Å². The summed E-state index contributed by atoms with van der Waals surface area (Å²) in [4.78, 5) is 4.69. The summed E-state index contributed by atoms with van der Waals surface area (Å²) in [6.07, 6.45) is 14.5. The van der Waals surface area contributed by atoms with E-state index in [4.69, 9.17) is 16.3 Å². The second-order valence-corrected chi connectivity index (χ2v) is 7.99. The maximum absolute atomic E-state index is 6.36. The minimum absolute atomic E-state index is 0.197. The molecule has 0 aromatic heterocycles. The smallest absolute Gasteiger partial charge is 0.214 e. The van der Waals surface area contributed by atoms with Gasteiger partial charge >= 0.3 is 0 Å². The molecule has 0 saturated carbocycles. The van der Waals surface area contributed by atoms with E-state index in [0.717, 1.165) is 24.4 Å². The van der Waals surface area contributed by atoms with Crippen LogP contribution in [0.2, 0.25) is 5.02 Å². The normalized spacial score (nSPS) is 21.1. The van der Waals surface area contributed by atoms with Gasteiger partial charge in [-0.3, -0.25) is 0 Å². The van der Waals surface area contributed by atoms with Gasteiger partial charge in [0.1, 0.15) is 5.60 Å². The Bertz CT molecular complexity index is 622. The van der Waals surface area contributed by atoms with Crippen molar-refractivity contribution in [3.05, 3.63) is 40.9 Å². The number of halogens is 1. The van der Waals surface area contributed by atoms with Crippen LogP contribution in [0.15, 0.2) is 40.9 Å². The van der Waals surface area contributed by atoms with Crippen LogP contribution >= 0.6 is 11.6 Å². The number of unbranched alkanes of at least 4 members (excludes halogenated alkanes) is 6. The topological polar surface area (TPSA) is 21.6 Å². The lowest BCUT2D eigenvalue weighted by molar-refractivity contribution is 0.111. The van der Waals surface area contributed by atoms with Crippen LogP contribution in [0.25, 0.3) is 0 Å². The highest BCUT2D eigenvalue weighted by Gasteiger charge is 2.36. The first-order valence-corrected chi connectivity index (χ1v) is 10.7. The van der Waals surface area contributed by atoms with Crippen LogP contribution in [-0.4, -0.2) is 11.5 Å². The van der Waals surface area contributed by atoms with E-state index in [1.54, 1.807) is 0 Å². The molecule has 1 unspecified atom stereocenters. The van der Waals surface area contributed by atoms with Gasteiger partial charge in [-0.25, -0.2) is 4.99 Å². The van der Waals surface area contributed by atoms with Crippen LogP contribution in [0.5, 0.6) is 0 Å². The molecule has 1 aliphatic rings. The molecule has 0 aliphatic carbocycles. The SMILES string of the molecule is CCCCCCC1=CC(=Nc2cccc(Cl)c2)OC1(C)CCCCCC. The summed E-state index contributed by atoms with van der Waals surface area (Å²) in [5.41, 5.74) is 2.06. The molecule has 1 aliphatic heterocycles. The van der Waals surface area contributed by atoms with Crippen LogP contribution in [0.1, 0.15) is 85.0 Å². The fraction of sp³-hybridized carbons (Fsp3) is 0.609. The summed E-state index contributed by atoms with van der Waals surface area (Å²) >= 11 is 6.09. The van der Waals surface area contributed by atoms with Gasteiger partial charge in [-0.1, -0.05) is 70.0 Å². The fourth-order valence-corrected chi connectivity index (χ4v) is 3.72. The number of nitrogens with zero attached hydrogens (tertiary/aromatic N) is 1. The molecule has 1 atom stereocenters. The van der Waals surface area contributed by atoms with Gasteiger partial charge < -0.3 is 4.74 Å². The first-order valence-electron chi connectivity index (χ1n) is 10.3. The lowest BCUT2D eigenvalue weighted by Crippen LogP contribution is -2.28. The van der Waals surface area contributed by atoms with Gasteiger partial charge in [0, 0.05) is 11.1 Å². The molecular weight excluding hydrogens is 342 g/mol.